The standard InChI is InChI=1S/C14H20BrClN2/c1-10(13-6-5-11(15)8-14(13)16)18-7-3-4-12(18)9-17-2/h5-6,8,10,12,17H,3-4,7,9H2,1-2H3. The summed E-state index contributed by atoms with van der Waals surface area (Å²) in [6.45, 7) is 4.47. The van der Waals surface area contributed by atoms with Crippen molar-refractivity contribution in [1.82, 2.24) is 10.2 Å². The van der Waals surface area contributed by atoms with Crippen LogP contribution in [0.3, 0.4) is 0 Å². The Morgan fingerprint density at radius 2 is 2.33 bits per heavy atom. The molecule has 1 aromatic carbocycles. The van der Waals surface area contributed by atoms with E-state index in [1.807, 2.05) is 13.1 Å². The summed E-state index contributed by atoms with van der Waals surface area (Å²) in [5.41, 5.74) is 1.22. The zero-order valence-electron chi connectivity index (χ0n) is 10.9. The molecular formula is C14H20BrClN2. The van der Waals surface area contributed by atoms with Gasteiger partial charge in [-0.05, 0) is 51.1 Å². The van der Waals surface area contributed by atoms with Crippen molar-refractivity contribution in [2.24, 2.45) is 0 Å². The van der Waals surface area contributed by atoms with E-state index >= 15 is 0 Å². The van der Waals surface area contributed by atoms with Crippen molar-refractivity contribution >= 4 is 27.5 Å². The number of rotatable bonds is 4. The normalized spacial score (nSPS) is 22.3. The van der Waals surface area contributed by atoms with Gasteiger partial charge >= 0.3 is 0 Å². The SMILES string of the molecule is CNCC1CCCN1C(C)c1ccc(Br)cc1Cl. The van der Waals surface area contributed by atoms with Gasteiger partial charge in [-0.25, -0.2) is 0 Å². The Hall–Kier alpha value is -0.0900. The molecule has 1 heterocycles. The van der Waals surface area contributed by atoms with Crippen molar-refractivity contribution in [2.45, 2.75) is 31.8 Å². The topological polar surface area (TPSA) is 15.3 Å². The average molecular weight is 332 g/mol. The number of hydrogen-bond acceptors (Lipinski definition) is 2. The predicted octanol–water partition coefficient (Wildman–Crippen LogP) is 3.85. The molecular weight excluding hydrogens is 312 g/mol. The van der Waals surface area contributed by atoms with E-state index in [1.54, 1.807) is 0 Å². The molecule has 0 bridgehead atoms. The number of benzene rings is 1. The number of likely N-dealkylation sites (N-methyl/N-ethyl adjacent to an activating group) is 1. The molecule has 0 aromatic heterocycles. The van der Waals surface area contributed by atoms with Crippen molar-refractivity contribution in [3.63, 3.8) is 0 Å². The first-order valence-corrected chi connectivity index (χ1v) is 7.66. The fourth-order valence-electron chi connectivity index (χ4n) is 2.84. The Morgan fingerprint density at radius 3 is 3.00 bits per heavy atom. The summed E-state index contributed by atoms with van der Waals surface area (Å²) in [6, 6.07) is 7.19. The maximum atomic E-state index is 6.36. The van der Waals surface area contributed by atoms with E-state index in [1.165, 1.54) is 24.9 Å². The number of halogens is 2. The predicted molar refractivity (Wildman–Crippen MR) is 81.2 cm³/mol. The van der Waals surface area contributed by atoms with Crippen LogP contribution in [0.5, 0.6) is 0 Å². The highest BCUT2D eigenvalue weighted by molar-refractivity contribution is 9.10. The second-order valence-corrected chi connectivity index (χ2v) is 6.26. The Morgan fingerprint density at radius 1 is 1.56 bits per heavy atom. The molecule has 0 aliphatic carbocycles. The highest BCUT2D eigenvalue weighted by atomic mass is 79.9. The fourth-order valence-corrected chi connectivity index (χ4v) is 3.67. The first kappa shape index (κ1) is 14.3. The highest BCUT2D eigenvalue weighted by Crippen LogP contribution is 2.33. The molecule has 1 aromatic rings. The van der Waals surface area contributed by atoms with Gasteiger partial charge in [0, 0.05) is 28.1 Å². The largest absolute Gasteiger partial charge is 0.318 e. The van der Waals surface area contributed by atoms with Crippen LogP contribution in [0.25, 0.3) is 0 Å². The lowest BCUT2D eigenvalue weighted by atomic mass is 10.1. The molecule has 1 N–H and O–H groups in total. The van der Waals surface area contributed by atoms with Gasteiger partial charge in [-0.15, -0.1) is 0 Å². The van der Waals surface area contributed by atoms with Gasteiger partial charge in [-0.1, -0.05) is 33.6 Å². The Kier molecular flexibility index (Phi) is 5.07. The van der Waals surface area contributed by atoms with Gasteiger partial charge < -0.3 is 5.32 Å². The molecule has 2 rings (SSSR count). The maximum absolute atomic E-state index is 6.36. The molecule has 2 nitrogen and oxygen atoms in total. The lowest BCUT2D eigenvalue weighted by molar-refractivity contribution is 0.191. The summed E-state index contributed by atoms with van der Waals surface area (Å²) < 4.78 is 1.04. The summed E-state index contributed by atoms with van der Waals surface area (Å²) in [5, 5.41) is 4.14. The van der Waals surface area contributed by atoms with E-state index in [9.17, 15) is 0 Å². The van der Waals surface area contributed by atoms with E-state index in [4.69, 9.17) is 11.6 Å². The monoisotopic (exact) mass is 330 g/mol. The fraction of sp³-hybridized carbons (Fsp3) is 0.571. The zero-order valence-corrected chi connectivity index (χ0v) is 13.3. The van der Waals surface area contributed by atoms with Gasteiger partial charge in [0.15, 0.2) is 0 Å². The van der Waals surface area contributed by atoms with Gasteiger partial charge in [0.05, 0.1) is 0 Å². The van der Waals surface area contributed by atoms with E-state index in [0.717, 1.165) is 16.0 Å². The van der Waals surface area contributed by atoms with Crippen LogP contribution in [0.2, 0.25) is 5.02 Å². The van der Waals surface area contributed by atoms with Crippen molar-refractivity contribution in [1.29, 1.82) is 0 Å². The Bertz CT molecular complexity index is 411. The minimum absolute atomic E-state index is 0.381. The third-order valence-electron chi connectivity index (χ3n) is 3.77. The van der Waals surface area contributed by atoms with Gasteiger partial charge in [0.1, 0.15) is 0 Å². The van der Waals surface area contributed by atoms with Crippen molar-refractivity contribution in [2.75, 3.05) is 20.1 Å². The molecule has 4 heteroatoms. The Labute approximate surface area is 123 Å². The van der Waals surface area contributed by atoms with Crippen LogP contribution in [-0.4, -0.2) is 31.1 Å². The minimum atomic E-state index is 0.381. The van der Waals surface area contributed by atoms with Gasteiger partial charge in [0.25, 0.3) is 0 Å². The second kappa shape index (κ2) is 6.38. The van der Waals surface area contributed by atoms with Crippen LogP contribution in [0.4, 0.5) is 0 Å². The molecule has 1 fully saturated rings. The zero-order chi connectivity index (χ0) is 13.1. The van der Waals surface area contributed by atoms with Crippen LogP contribution in [-0.2, 0) is 0 Å². The molecule has 2 atom stereocenters. The van der Waals surface area contributed by atoms with Crippen LogP contribution < -0.4 is 5.32 Å². The van der Waals surface area contributed by atoms with Crippen molar-refractivity contribution < 1.29 is 0 Å². The van der Waals surface area contributed by atoms with Crippen molar-refractivity contribution in [3.8, 4) is 0 Å². The molecule has 2 unspecified atom stereocenters. The smallest absolute Gasteiger partial charge is 0.0464 e. The molecule has 0 radical (unpaired) electrons. The molecule has 1 aliphatic heterocycles. The van der Waals surface area contributed by atoms with E-state index in [2.05, 4.69) is 45.2 Å². The second-order valence-electron chi connectivity index (χ2n) is 4.93. The van der Waals surface area contributed by atoms with E-state index < -0.39 is 0 Å². The van der Waals surface area contributed by atoms with Gasteiger partial charge in [-0.2, -0.15) is 0 Å². The molecule has 18 heavy (non-hydrogen) atoms. The first-order chi connectivity index (χ1) is 8.63. The Balaban J connectivity index is 2.17. The van der Waals surface area contributed by atoms with Gasteiger partial charge in [0.2, 0.25) is 0 Å². The van der Waals surface area contributed by atoms with Crippen LogP contribution in [0, 0.1) is 0 Å². The summed E-state index contributed by atoms with van der Waals surface area (Å²) in [7, 11) is 2.02. The van der Waals surface area contributed by atoms with Crippen LogP contribution in [0.1, 0.15) is 31.4 Å². The third-order valence-corrected chi connectivity index (χ3v) is 4.59. The average Bonchev–Trinajstić information content (AvgIpc) is 2.77. The number of nitrogens with one attached hydrogen (secondary N) is 1. The van der Waals surface area contributed by atoms with Gasteiger partial charge in [-0.3, -0.25) is 4.90 Å². The number of nitrogens with zero attached hydrogens (tertiary/aromatic N) is 1. The first-order valence-electron chi connectivity index (χ1n) is 6.48. The molecule has 1 aliphatic rings. The third kappa shape index (κ3) is 3.08. The molecule has 0 spiro atoms. The molecule has 0 saturated carbocycles. The van der Waals surface area contributed by atoms with Crippen LogP contribution >= 0.6 is 27.5 Å². The lowest BCUT2D eigenvalue weighted by Gasteiger charge is -2.31. The van der Waals surface area contributed by atoms with E-state index in [-0.39, 0.29) is 0 Å². The van der Waals surface area contributed by atoms with Crippen LogP contribution in [0.15, 0.2) is 22.7 Å². The minimum Gasteiger partial charge on any atom is -0.318 e. The number of hydrogen-bond donors (Lipinski definition) is 1. The summed E-state index contributed by atoms with van der Waals surface area (Å²) in [6.07, 6.45) is 2.56. The quantitative estimate of drug-likeness (QED) is 0.901. The number of likely N-dealkylation sites (tertiary alicyclic amines) is 1. The maximum Gasteiger partial charge on any atom is 0.0464 e. The molecule has 1 saturated heterocycles. The molecule has 100 valence electrons. The van der Waals surface area contributed by atoms with E-state index in [0.29, 0.717) is 12.1 Å². The molecule has 0 amide bonds. The lowest BCUT2D eigenvalue weighted by Crippen LogP contribution is -2.38. The summed E-state index contributed by atoms with van der Waals surface area (Å²) >= 11 is 9.81. The highest BCUT2D eigenvalue weighted by Gasteiger charge is 2.29. The summed E-state index contributed by atoms with van der Waals surface area (Å²) in [5.74, 6) is 0. The summed E-state index contributed by atoms with van der Waals surface area (Å²) in [4.78, 5) is 2.56. The van der Waals surface area contributed by atoms with Crippen molar-refractivity contribution in [3.05, 3.63) is 33.3 Å².